The van der Waals surface area contributed by atoms with Crippen molar-refractivity contribution in [3.05, 3.63) is 52.4 Å². The highest BCUT2D eigenvalue weighted by atomic mass is 79.9. The van der Waals surface area contributed by atoms with Gasteiger partial charge in [0.25, 0.3) is 5.91 Å². The number of amides is 1. The molecule has 0 aliphatic rings. The maximum absolute atomic E-state index is 11.8. The highest BCUT2D eigenvalue weighted by Gasteiger charge is 2.03. The molecule has 0 aliphatic carbocycles. The van der Waals surface area contributed by atoms with E-state index in [0.717, 1.165) is 16.0 Å². The third-order valence-corrected chi connectivity index (χ3v) is 3.50. The van der Waals surface area contributed by atoms with Crippen molar-refractivity contribution >= 4 is 27.7 Å². The molecule has 0 spiro atoms. The molecule has 2 aromatic heterocycles. The monoisotopic (exact) mass is 334 g/mol. The van der Waals surface area contributed by atoms with Crippen LogP contribution in [0.3, 0.4) is 0 Å². The van der Waals surface area contributed by atoms with Crippen LogP contribution in [-0.2, 0) is 0 Å². The molecule has 0 fully saturated rings. The average molecular weight is 335 g/mol. The van der Waals surface area contributed by atoms with E-state index in [1.807, 2.05) is 19.1 Å². The summed E-state index contributed by atoms with van der Waals surface area (Å²) in [6.45, 7) is 3.06. The highest BCUT2D eigenvalue weighted by Crippen LogP contribution is 2.15. The minimum Gasteiger partial charge on any atom is -0.368 e. The van der Waals surface area contributed by atoms with E-state index in [2.05, 4.69) is 36.5 Å². The van der Waals surface area contributed by atoms with Gasteiger partial charge in [0.15, 0.2) is 0 Å². The fourth-order valence-corrected chi connectivity index (χ4v) is 1.83. The molecule has 0 radical (unpaired) electrons. The van der Waals surface area contributed by atoms with Crippen molar-refractivity contribution in [1.82, 2.24) is 15.3 Å². The van der Waals surface area contributed by atoms with Gasteiger partial charge in [-0.05, 0) is 47.1 Å². The van der Waals surface area contributed by atoms with Gasteiger partial charge in [0.2, 0.25) is 0 Å². The lowest BCUT2D eigenvalue weighted by atomic mass is 10.3. The number of aryl methyl sites for hydroxylation is 1. The third kappa shape index (κ3) is 4.03. The zero-order valence-corrected chi connectivity index (χ0v) is 12.6. The predicted molar refractivity (Wildman–Crippen MR) is 81.7 cm³/mol. The molecule has 2 heterocycles. The molecule has 1 amide bonds. The second-order valence-corrected chi connectivity index (χ2v) is 5.04. The zero-order chi connectivity index (χ0) is 14.4. The average Bonchev–Trinajstić information content (AvgIpc) is 2.48. The standard InChI is InChI=1S/C14H15BrN4O/c1-10-12(15)4-5-13(19-10)17-7-8-18-14(20)11-3-2-6-16-9-11/h2-6,9H,7-8H2,1H3,(H,17,19)(H,18,20). The van der Waals surface area contributed by atoms with Crippen LogP contribution in [0.25, 0.3) is 0 Å². The molecule has 0 aliphatic heterocycles. The van der Waals surface area contributed by atoms with Crippen molar-refractivity contribution < 1.29 is 4.79 Å². The van der Waals surface area contributed by atoms with Gasteiger partial charge in [-0.2, -0.15) is 0 Å². The van der Waals surface area contributed by atoms with E-state index in [9.17, 15) is 4.79 Å². The molecule has 5 nitrogen and oxygen atoms in total. The van der Waals surface area contributed by atoms with Gasteiger partial charge < -0.3 is 10.6 Å². The molecular formula is C14H15BrN4O. The SMILES string of the molecule is Cc1nc(NCCNC(=O)c2cccnc2)ccc1Br. The summed E-state index contributed by atoms with van der Waals surface area (Å²) in [7, 11) is 0. The summed E-state index contributed by atoms with van der Waals surface area (Å²) >= 11 is 3.40. The second kappa shape index (κ2) is 7.00. The van der Waals surface area contributed by atoms with Gasteiger partial charge >= 0.3 is 0 Å². The second-order valence-electron chi connectivity index (χ2n) is 4.19. The van der Waals surface area contributed by atoms with Crippen molar-refractivity contribution in [1.29, 1.82) is 0 Å². The molecule has 2 rings (SSSR count). The van der Waals surface area contributed by atoms with Crippen LogP contribution in [0.5, 0.6) is 0 Å². The van der Waals surface area contributed by atoms with Crippen LogP contribution in [0.1, 0.15) is 16.1 Å². The predicted octanol–water partition coefficient (Wildman–Crippen LogP) is 2.39. The van der Waals surface area contributed by atoms with Gasteiger partial charge in [-0.3, -0.25) is 9.78 Å². The lowest BCUT2D eigenvalue weighted by Gasteiger charge is -2.08. The summed E-state index contributed by atoms with van der Waals surface area (Å²) in [5.41, 5.74) is 1.49. The van der Waals surface area contributed by atoms with Crippen LogP contribution in [0.4, 0.5) is 5.82 Å². The number of carbonyl (C=O) groups excluding carboxylic acids is 1. The number of carbonyl (C=O) groups is 1. The molecule has 0 atom stereocenters. The summed E-state index contributed by atoms with van der Waals surface area (Å²) in [5.74, 6) is 0.668. The smallest absolute Gasteiger partial charge is 0.252 e. The summed E-state index contributed by atoms with van der Waals surface area (Å²) in [4.78, 5) is 20.0. The van der Waals surface area contributed by atoms with E-state index in [0.29, 0.717) is 18.7 Å². The van der Waals surface area contributed by atoms with Crippen LogP contribution in [0, 0.1) is 6.92 Å². The van der Waals surface area contributed by atoms with Crippen molar-refractivity contribution in [2.45, 2.75) is 6.92 Å². The van der Waals surface area contributed by atoms with Crippen molar-refractivity contribution in [2.24, 2.45) is 0 Å². The molecule has 104 valence electrons. The molecule has 0 bridgehead atoms. The van der Waals surface area contributed by atoms with E-state index in [1.54, 1.807) is 24.5 Å². The number of hydrogen-bond acceptors (Lipinski definition) is 4. The summed E-state index contributed by atoms with van der Waals surface area (Å²) in [6, 6.07) is 7.30. The number of hydrogen-bond donors (Lipinski definition) is 2. The Morgan fingerprint density at radius 3 is 2.85 bits per heavy atom. The van der Waals surface area contributed by atoms with Gasteiger partial charge in [-0.25, -0.2) is 4.98 Å². The lowest BCUT2D eigenvalue weighted by Crippen LogP contribution is -2.28. The van der Waals surface area contributed by atoms with Crippen LogP contribution in [0.15, 0.2) is 41.1 Å². The Labute approximate surface area is 126 Å². The van der Waals surface area contributed by atoms with Gasteiger partial charge in [0.05, 0.1) is 11.3 Å². The Morgan fingerprint density at radius 1 is 1.30 bits per heavy atom. The molecule has 2 N–H and O–H groups in total. The molecule has 0 aromatic carbocycles. The molecule has 20 heavy (non-hydrogen) atoms. The van der Waals surface area contributed by atoms with Crippen molar-refractivity contribution in [3.8, 4) is 0 Å². The van der Waals surface area contributed by atoms with Crippen LogP contribution >= 0.6 is 15.9 Å². The van der Waals surface area contributed by atoms with Gasteiger partial charge in [0, 0.05) is 30.0 Å². The number of aromatic nitrogens is 2. The molecule has 0 unspecified atom stereocenters. The minimum absolute atomic E-state index is 0.125. The van der Waals surface area contributed by atoms with Gasteiger partial charge in [0.1, 0.15) is 5.82 Å². The number of anilines is 1. The first-order valence-corrected chi connectivity index (χ1v) is 7.01. The van der Waals surface area contributed by atoms with E-state index in [4.69, 9.17) is 0 Å². The van der Waals surface area contributed by atoms with Gasteiger partial charge in [-0.15, -0.1) is 0 Å². The fraction of sp³-hybridized carbons (Fsp3) is 0.214. The van der Waals surface area contributed by atoms with Crippen LogP contribution < -0.4 is 10.6 Å². The summed E-state index contributed by atoms with van der Waals surface area (Å²) < 4.78 is 0.980. The highest BCUT2D eigenvalue weighted by molar-refractivity contribution is 9.10. The van der Waals surface area contributed by atoms with E-state index in [-0.39, 0.29) is 5.91 Å². The molecule has 0 saturated heterocycles. The molecule has 0 saturated carbocycles. The Hall–Kier alpha value is -1.95. The van der Waals surface area contributed by atoms with E-state index < -0.39 is 0 Å². The summed E-state index contributed by atoms with van der Waals surface area (Å²) in [6.07, 6.45) is 3.18. The quantitative estimate of drug-likeness (QED) is 0.824. The zero-order valence-electron chi connectivity index (χ0n) is 11.1. The Balaban J connectivity index is 1.76. The first-order valence-electron chi connectivity index (χ1n) is 6.22. The first-order chi connectivity index (χ1) is 9.66. The topological polar surface area (TPSA) is 66.9 Å². The van der Waals surface area contributed by atoms with Crippen LogP contribution in [-0.4, -0.2) is 29.0 Å². The Bertz CT molecular complexity index is 589. The van der Waals surface area contributed by atoms with E-state index >= 15 is 0 Å². The first kappa shape index (κ1) is 14.5. The van der Waals surface area contributed by atoms with Crippen molar-refractivity contribution in [3.63, 3.8) is 0 Å². The van der Waals surface area contributed by atoms with E-state index in [1.165, 1.54) is 0 Å². The maximum Gasteiger partial charge on any atom is 0.252 e. The van der Waals surface area contributed by atoms with Crippen LogP contribution in [0.2, 0.25) is 0 Å². The molecule has 2 aromatic rings. The van der Waals surface area contributed by atoms with Crippen molar-refractivity contribution in [2.75, 3.05) is 18.4 Å². The number of rotatable bonds is 5. The summed E-state index contributed by atoms with van der Waals surface area (Å²) in [5, 5.41) is 5.97. The minimum atomic E-state index is -0.125. The lowest BCUT2D eigenvalue weighted by molar-refractivity contribution is 0.0955. The molecular weight excluding hydrogens is 320 g/mol. The Kier molecular flexibility index (Phi) is 5.06. The third-order valence-electron chi connectivity index (χ3n) is 2.66. The molecule has 6 heteroatoms. The Morgan fingerprint density at radius 2 is 2.15 bits per heavy atom. The number of halogens is 1. The fourth-order valence-electron chi connectivity index (χ4n) is 1.61. The number of nitrogens with one attached hydrogen (secondary N) is 2. The number of nitrogens with zero attached hydrogens (tertiary/aromatic N) is 2. The normalized spacial score (nSPS) is 10.1. The largest absolute Gasteiger partial charge is 0.368 e. The van der Waals surface area contributed by atoms with Gasteiger partial charge in [-0.1, -0.05) is 0 Å². The maximum atomic E-state index is 11.8. The number of pyridine rings is 2.